The molecule has 1 heterocycles. The largest absolute Gasteiger partial charge is 0.493 e. The number of nitrogens with zero attached hydrogens (tertiary/aromatic N) is 2. The van der Waals surface area contributed by atoms with Gasteiger partial charge in [-0.2, -0.15) is 5.26 Å². The van der Waals surface area contributed by atoms with Crippen LogP contribution in [0.25, 0.3) is 17.7 Å². The van der Waals surface area contributed by atoms with Crippen molar-refractivity contribution in [3.8, 4) is 17.6 Å². The fraction of sp³-hybridized carbons (Fsp3) is 0.378. The first-order chi connectivity index (χ1) is 20.1. The molecule has 4 heteroatoms. The van der Waals surface area contributed by atoms with Gasteiger partial charge >= 0.3 is 0 Å². The van der Waals surface area contributed by atoms with E-state index in [2.05, 4.69) is 84.6 Å². The van der Waals surface area contributed by atoms with E-state index in [9.17, 15) is 5.26 Å². The van der Waals surface area contributed by atoms with Crippen LogP contribution in [-0.2, 0) is 5.41 Å². The van der Waals surface area contributed by atoms with E-state index < -0.39 is 5.41 Å². The van der Waals surface area contributed by atoms with Crippen LogP contribution in [0.5, 0.6) is 11.5 Å². The monoisotopic (exact) mass is 546 g/mol. The summed E-state index contributed by atoms with van der Waals surface area (Å²) in [6.07, 6.45) is 11.5. The lowest BCUT2D eigenvalue weighted by molar-refractivity contribution is 0.243. The number of likely N-dealkylation sites (tertiary alicyclic amines) is 1. The fourth-order valence-corrected chi connectivity index (χ4v) is 6.55. The Kier molecular flexibility index (Phi) is 9.27. The number of ether oxygens (including phenoxy) is 2. The maximum Gasteiger partial charge on any atom is 0.161 e. The van der Waals surface area contributed by atoms with Crippen molar-refractivity contribution < 1.29 is 9.47 Å². The van der Waals surface area contributed by atoms with Crippen molar-refractivity contribution in [3.63, 3.8) is 0 Å². The van der Waals surface area contributed by atoms with E-state index in [1.807, 2.05) is 12.1 Å². The van der Waals surface area contributed by atoms with Gasteiger partial charge in [0.2, 0.25) is 0 Å². The van der Waals surface area contributed by atoms with E-state index in [0.717, 1.165) is 70.1 Å². The SMILES string of the molecule is CCCCC(C#N)(CCCN1CCC(=C2c3ccccc3C=Cc3ccccc32)CC1)c1ccc(OC)c(OC)c1. The summed E-state index contributed by atoms with van der Waals surface area (Å²) in [7, 11) is 3.31. The molecule has 1 aliphatic heterocycles. The second-order valence-electron chi connectivity index (χ2n) is 11.3. The number of rotatable bonds is 10. The third-order valence-corrected chi connectivity index (χ3v) is 8.90. The molecule has 41 heavy (non-hydrogen) atoms. The van der Waals surface area contributed by atoms with Crippen LogP contribution >= 0.6 is 0 Å². The summed E-state index contributed by atoms with van der Waals surface area (Å²) in [5.41, 5.74) is 8.80. The lowest BCUT2D eigenvalue weighted by atomic mass is 9.74. The van der Waals surface area contributed by atoms with E-state index in [1.165, 1.54) is 27.8 Å². The minimum Gasteiger partial charge on any atom is -0.493 e. The van der Waals surface area contributed by atoms with Gasteiger partial charge < -0.3 is 14.4 Å². The molecule has 1 atom stereocenters. The molecule has 5 rings (SSSR count). The van der Waals surface area contributed by atoms with Crippen molar-refractivity contribution in [2.24, 2.45) is 0 Å². The van der Waals surface area contributed by atoms with Crippen LogP contribution in [0.4, 0.5) is 0 Å². The molecule has 0 amide bonds. The second kappa shape index (κ2) is 13.2. The molecule has 1 fully saturated rings. The normalized spacial score (nSPS) is 16.2. The Morgan fingerprint density at radius 1 is 0.805 bits per heavy atom. The molecule has 1 saturated heterocycles. The van der Waals surface area contributed by atoms with Gasteiger partial charge in [0.25, 0.3) is 0 Å². The minimum atomic E-state index is -0.515. The number of unbranched alkanes of at least 4 members (excludes halogenated alkanes) is 1. The quantitative estimate of drug-likeness (QED) is 0.200. The van der Waals surface area contributed by atoms with Gasteiger partial charge in [-0.1, -0.05) is 92.1 Å². The van der Waals surface area contributed by atoms with Crippen molar-refractivity contribution in [2.75, 3.05) is 33.9 Å². The van der Waals surface area contributed by atoms with Crippen molar-refractivity contribution in [1.82, 2.24) is 4.90 Å². The third-order valence-electron chi connectivity index (χ3n) is 8.90. The molecule has 2 aliphatic rings. The fourth-order valence-electron chi connectivity index (χ4n) is 6.55. The number of benzene rings is 3. The van der Waals surface area contributed by atoms with Crippen LogP contribution in [0, 0.1) is 11.3 Å². The average molecular weight is 547 g/mol. The van der Waals surface area contributed by atoms with Crippen LogP contribution in [0.3, 0.4) is 0 Å². The number of piperidine rings is 1. The molecule has 212 valence electrons. The second-order valence-corrected chi connectivity index (χ2v) is 11.3. The van der Waals surface area contributed by atoms with Crippen LogP contribution < -0.4 is 9.47 Å². The molecular formula is C37H42N2O2. The zero-order valence-electron chi connectivity index (χ0n) is 24.8. The molecule has 0 radical (unpaired) electrons. The zero-order chi connectivity index (χ0) is 28.7. The van der Waals surface area contributed by atoms with E-state index in [0.29, 0.717) is 11.5 Å². The molecule has 3 aromatic rings. The van der Waals surface area contributed by atoms with E-state index in [4.69, 9.17) is 9.47 Å². The molecule has 0 saturated carbocycles. The Morgan fingerprint density at radius 2 is 1.41 bits per heavy atom. The van der Waals surface area contributed by atoms with Gasteiger partial charge in [-0.25, -0.2) is 0 Å². The van der Waals surface area contributed by atoms with E-state index in [-0.39, 0.29) is 0 Å². The molecule has 0 spiro atoms. The van der Waals surface area contributed by atoms with Crippen molar-refractivity contribution in [2.45, 2.75) is 57.3 Å². The Labute approximate surface area is 245 Å². The third kappa shape index (κ3) is 6.11. The summed E-state index contributed by atoms with van der Waals surface area (Å²) < 4.78 is 11.0. The highest BCUT2D eigenvalue weighted by Crippen LogP contribution is 2.41. The maximum absolute atomic E-state index is 10.5. The number of methoxy groups -OCH3 is 2. The smallest absolute Gasteiger partial charge is 0.161 e. The van der Waals surface area contributed by atoms with Crippen LogP contribution in [0.2, 0.25) is 0 Å². The summed E-state index contributed by atoms with van der Waals surface area (Å²) in [5.74, 6) is 1.39. The van der Waals surface area contributed by atoms with Crippen molar-refractivity contribution >= 4 is 17.7 Å². The Morgan fingerprint density at radius 3 is 2.00 bits per heavy atom. The van der Waals surface area contributed by atoms with E-state index in [1.54, 1.807) is 19.8 Å². The lowest BCUT2D eigenvalue weighted by Crippen LogP contribution is -2.33. The van der Waals surface area contributed by atoms with Gasteiger partial charge in [0, 0.05) is 13.1 Å². The van der Waals surface area contributed by atoms with Crippen LogP contribution in [0.15, 0.2) is 72.3 Å². The molecule has 0 bridgehead atoms. The highest BCUT2D eigenvalue weighted by molar-refractivity contribution is 5.94. The van der Waals surface area contributed by atoms with Crippen LogP contribution in [0.1, 0.15) is 79.7 Å². The Bertz CT molecular complexity index is 1400. The predicted molar refractivity (Wildman–Crippen MR) is 169 cm³/mol. The molecular weight excluding hydrogens is 504 g/mol. The highest BCUT2D eigenvalue weighted by Gasteiger charge is 2.33. The number of fused-ring (bicyclic) bond motifs is 2. The molecule has 1 aliphatic carbocycles. The molecule has 3 aromatic carbocycles. The van der Waals surface area contributed by atoms with Crippen LogP contribution in [-0.4, -0.2) is 38.8 Å². The maximum atomic E-state index is 10.5. The average Bonchev–Trinajstić information content (AvgIpc) is 3.20. The first kappa shape index (κ1) is 28.7. The zero-order valence-corrected chi connectivity index (χ0v) is 24.8. The van der Waals surface area contributed by atoms with Gasteiger partial charge in [-0.05, 0) is 84.2 Å². The van der Waals surface area contributed by atoms with Gasteiger partial charge in [-0.15, -0.1) is 0 Å². The Hall–Kier alpha value is -3.81. The highest BCUT2D eigenvalue weighted by atomic mass is 16.5. The van der Waals surface area contributed by atoms with Crippen molar-refractivity contribution in [1.29, 1.82) is 5.26 Å². The first-order valence-corrected chi connectivity index (χ1v) is 15.1. The van der Waals surface area contributed by atoms with Gasteiger partial charge in [0.15, 0.2) is 11.5 Å². The standard InChI is InChI=1S/C37H42N2O2/c1-4-5-21-37(27-38,31-17-18-34(40-2)35(26-31)41-3)22-10-23-39-24-19-30(20-25-39)36-32-13-8-6-11-28(32)15-16-29-12-7-9-14-33(29)36/h6-9,11-18,26H,4-5,10,19-25H2,1-3H3. The van der Waals surface area contributed by atoms with Crippen molar-refractivity contribution in [3.05, 3.63) is 100 Å². The summed E-state index contributed by atoms with van der Waals surface area (Å²) in [5, 5.41) is 10.5. The molecule has 4 nitrogen and oxygen atoms in total. The Balaban J connectivity index is 1.30. The molecule has 0 N–H and O–H groups in total. The first-order valence-electron chi connectivity index (χ1n) is 15.1. The van der Waals surface area contributed by atoms with Gasteiger partial charge in [-0.3, -0.25) is 0 Å². The predicted octanol–water partition coefficient (Wildman–Crippen LogP) is 8.52. The molecule has 0 aromatic heterocycles. The summed E-state index contributed by atoms with van der Waals surface area (Å²) >= 11 is 0. The van der Waals surface area contributed by atoms with Gasteiger partial charge in [0.1, 0.15) is 0 Å². The summed E-state index contributed by atoms with van der Waals surface area (Å²) in [4.78, 5) is 2.59. The number of nitriles is 1. The van der Waals surface area contributed by atoms with Gasteiger partial charge in [0.05, 0.1) is 25.7 Å². The summed E-state index contributed by atoms with van der Waals surface area (Å²) in [6, 6.07) is 26.3. The topological polar surface area (TPSA) is 45.5 Å². The van der Waals surface area contributed by atoms with E-state index >= 15 is 0 Å². The summed E-state index contributed by atoms with van der Waals surface area (Å²) in [6.45, 7) is 5.32. The number of hydrogen-bond donors (Lipinski definition) is 0. The number of hydrogen-bond acceptors (Lipinski definition) is 4. The molecule has 1 unspecified atom stereocenters. The lowest BCUT2D eigenvalue weighted by Gasteiger charge is -2.32. The minimum absolute atomic E-state index is 0.515.